The molecule has 0 aliphatic rings. The van der Waals surface area contributed by atoms with Gasteiger partial charge in [0, 0.05) is 21.8 Å². The number of ether oxygens (including phenoxy) is 1. The number of halogens is 1. The van der Waals surface area contributed by atoms with E-state index in [9.17, 15) is 0 Å². The van der Waals surface area contributed by atoms with Gasteiger partial charge >= 0.3 is 0 Å². The first-order chi connectivity index (χ1) is 10.3. The lowest BCUT2D eigenvalue weighted by Crippen LogP contribution is -1.91. The van der Waals surface area contributed by atoms with Crippen LogP contribution in [0.2, 0.25) is 0 Å². The molecule has 21 heavy (non-hydrogen) atoms. The molecule has 0 aliphatic carbocycles. The van der Waals surface area contributed by atoms with Crippen LogP contribution in [0.4, 0.5) is 0 Å². The molecule has 0 radical (unpaired) electrons. The summed E-state index contributed by atoms with van der Waals surface area (Å²) >= 11 is 3.59. The van der Waals surface area contributed by atoms with Crippen LogP contribution < -0.4 is 4.74 Å². The molecule has 3 aromatic rings. The number of hydrogen-bond donors (Lipinski definition) is 0. The van der Waals surface area contributed by atoms with E-state index in [1.54, 1.807) is 13.3 Å². The van der Waals surface area contributed by atoms with Crippen molar-refractivity contribution >= 4 is 15.9 Å². The van der Waals surface area contributed by atoms with Gasteiger partial charge < -0.3 is 4.74 Å². The lowest BCUT2D eigenvalue weighted by Gasteiger charge is -2.12. The van der Waals surface area contributed by atoms with Crippen molar-refractivity contribution in [1.82, 2.24) is 4.98 Å². The molecule has 0 atom stereocenters. The van der Waals surface area contributed by atoms with Gasteiger partial charge in [0.15, 0.2) is 0 Å². The summed E-state index contributed by atoms with van der Waals surface area (Å²) in [5.41, 5.74) is 4.16. The van der Waals surface area contributed by atoms with Crippen LogP contribution >= 0.6 is 15.9 Å². The van der Waals surface area contributed by atoms with Gasteiger partial charge in [0.2, 0.25) is 0 Å². The van der Waals surface area contributed by atoms with Crippen molar-refractivity contribution in [1.29, 1.82) is 0 Å². The molecule has 0 spiro atoms. The highest BCUT2D eigenvalue weighted by Gasteiger charge is 2.10. The van der Waals surface area contributed by atoms with E-state index < -0.39 is 0 Å². The van der Waals surface area contributed by atoms with Crippen molar-refractivity contribution in [3.8, 4) is 28.1 Å². The van der Waals surface area contributed by atoms with E-state index in [1.807, 2.05) is 42.5 Å². The molecule has 0 amide bonds. The van der Waals surface area contributed by atoms with Crippen LogP contribution in [0.1, 0.15) is 0 Å². The van der Waals surface area contributed by atoms with Gasteiger partial charge in [-0.2, -0.15) is 0 Å². The zero-order chi connectivity index (χ0) is 14.7. The summed E-state index contributed by atoms with van der Waals surface area (Å²) in [6.07, 6.45) is 1.80. The molecule has 1 heterocycles. The van der Waals surface area contributed by atoms with E-state index in [0.29, 0.717) is 0 Å². The minimum absolute atomic E-state index is 0.838. The lowest BCUT2D eigenvalue weighted by molar-refractivity contribution is 0.416. The molecule has 0 N–H and O–H groups in total. The van der Waals surface area contributed by atoms with Gasteiger partial charge in [-0.25, -0.2) is 0 Å². The summed E-state index contributed by atoms with van der Waals surface area (Å²) in [4.78, 5) is 4.38. The van der Waals surface area contributed by atoms with Crippen molar-refractivity contribution in [3.05, 3.63) is 71.3 Å². The fraction of sp³-hybridized carbons (Fsp3) is 0.0556. The van der Waals surface area contributed by atoms with Gasteiger partial charge in [-0.1, -0.05) is 46.3 Å². The second-order valence-corrected chi connectivity index (χ2v) is 5.46. The number of methoxy groups -OCH3 is 1. The maximum Gasteiger partial charge on any atom is 0.127 e. The maximum atomic E-state index is 5.57. The molecule has 1 aromatic heterocycles. The van der Waals surface area contributed by atoms with Crippen molar-refractivity contribution in [2.45, 2.75) is 0 Å². The zero-order valence-corrected chi connectivity index (χ0v) is 13.2. The average molecular weight is 340 g/mol. The lowest BCUT2D eigenvalue weighted by atomic mass is 10.0. The van der Waals surface area contributed by atoms with Crippen LogP contribution in [-0.2, 0) is 0 Å². The third-order valence-corrected chi connectivity index (χ3v) is 4.02. The fourth-order valence-corrected chi connectivity index (χ4v) is 2.78. The standard InChI is InChI=1S/C18H14BrNO/c1-21-18-12-13(17-8-4-5-11-20-17)9-10-15(18)14-6-2-3-7-16(14)19/h2-12H,1H3. The predicted molar refractivity (Wildman–Crippen MR) is 89.4 cm³/mol. The molecule has 0 saturated carbocycles. The quantitative estimate of drug-likeness (QED) is 0.655. The Labute approximate surface area is 132 Å². The van der Waals surface area contributed by atoms with Crippen LogP contribution in [0.5, 0.6) is 5.75 Å². The Morgan fingerprint density at radius 3 is 2.43 bits per heavy atom. The molecule has 104 valence electrons. The Balaban J connectivity index is 2.11. The van der Waals surface area contributed by atoms with E-state index in [-0.39, 0.29) is 0 Å². The van der Waals surface area contributed by atoms with Gasteiger partial charge in [-0.15, -0.1) is 0 Å². The summed E-state index contributed by atoms with van der Waals surface area (Å²) in [6.45, 7) is 0. The van der Waals surface area contributed by atoms with Gasteiger partial charge in [0.25, 0.3) is 0 Å². The van der Waals surface area contributed by atoms with E-state index >= 15 is 0 Å². The van der Waals surface area contributed by atoms with Crippen molar-refractivity contribution < 1.29 is 4.74 Å². The number of benzene rings is 2. The summed E-state index contributed by atoms with van der Waals surface area (Å²) in [7, 11) is 1.69. The summed E-state index contributed by atoms with van der Waals surface area (Å²) in [5, 5.41) is 0. The molecule has 0 unspecified atom stereocenters. The van der Waals surface area contributed by atoms with Gasteiger partial charge in [-0.3, -0.25) is 4.98 Å². The minimum Gasteiger partial charge on any atom is -0.496 e. The van der Waals surface area contributed by atoms with Gasteiger partial charge in [0.05, 0.1) is 12.8 Å². The smallest absolute Gasteiger partial charge is 0.127 e. The first-order valence-electron chi connectivity index (χ1n) is 6.64. The molecule has 0 saturated heterocycles. The summed E-state index contributed by atoms with van der Waals surface area (Å²) < 4.78 is 6.62. The number of rotatable bonds is 3. The van der Waals surface area contributed by atoms with Gasteiger partial charge in [0.1, 0.15) is 5.75 Å². The molecular formula is C18H14BrNO. The molecule has 2 aromatic carbocycles. The third kappa shape index (κ3) is 2.83. The summed E-state index contributed by atoms with van der Waals surface area (Å²) in [6, 6.07) is 20.2. The first-order valence-corrected chi connectivity index (χ1v) is 7.43. The normalized spacial score (nSPS) is 10.4. The molecule has 0 bridgehead atoms. The minimum atomic E-state index is 0.838. The number of aromatic nitrogens is 1. The SMILES string of the molecule is COc1cc(-c2ccccn2)ccc1-c1ccccc1Br. The highest BCUT2D eigenvalue weighted by atomic mass is 79.9. The van der Waals surface area contributed by atoms with Crippen LogP contribution in [-0.4, -0.2) is 12.1 Å². The van der Waals surface area contributed by atoms with Crippen molar-refractivity contribution in [3.63, 3.8) is 0 Å². The Morgan fingerprint density at radius 2 is 1.71 bits per heavy atom. The molecule has 2 nitrogen and oxygen atoms in total. The van der Waals surface area contributed by atoms with Crippen LogP contribution in [0, 0.1) is 0 Å². The monoisotopic (exact) mass is 339 g/mol. The predicted octanol–water partition coefficient (Wildman–Crippen LogP) is 5.19. The van der Waals surface area contributed by atoms with Crippen LogP contribution in [0.15, 0.2) is 71.3 Å². The Kier molecular flexibility index (Phi) is 4.02. The topological polar surface area (TPSA) is 22.1 Å². The fourth-order valence-electron chi connectivity index (χ4n) is 2.29. The highest BCUT2D eigenvalue weighted by Crippen LogP contribution is 2.37. The van der Waals surface area contributed by atoms with Crippen molar-refractivity contribution in [2.24, 2.45) is 0 Å². The largest absolute Gasteiger partial charge is 0.496 e. The second-order valence-electron chi connectivity index (χ2n) is 4.61. The molecular weight excluding hydrogens is 326 g/mol. The Hall–Kier alpha value is -2.13. The van der Waals surface area contributed by atoms with Crippen molar-refractivity contribution in [2.75, 3.05) is 7.11 Å². The molecule has 0 fully saturated rings. The molecule has 0 aliphatic heterocycles. The third-order valence-electron chi connectivity index (χ3n) is 3.33. The zero-order valence-electron chi connectivity index (χ0n) is 11.6. The van der Waals surface area contributed by atoms with E-state index in [2.05, 4.69) is 39.1 Å². The first kappa shape index (κ1) is 13.8. The van der Waals surface area contributed by atoms with Crippen LogP contribution in [0.25, 0.3) is 22.4 Å². The molecule has 3 rings (SSSR count). The summed E-state index contributed by atoms with van der Waals surface area (Å²) in [5.74, 6) is 0.838. The number of nitrogens with zero attached hydrogens (tertiary/aromatic N) is 1. The van der Waals surface area contributed by atoms with Gasteiger partial charge in [-0.05, 0) is 35.9 Å². The average Bonchev–Trinajstić information content (AvgIpc) is 2.56. The van der Waals surface area contributed by atoms with E-state index in [1.165, 1.54) is 0 Å². The highest BCUT2D eigenvalue weighted by molar-refractivity contribution is 9.10. The Morgan fingerprint density at radius 1 is 0.905 bits per heavy atom. The van der Waals surface area contributed by atoms with E-state index in [4.69, 9.17) is 4.74 Å². The second kappa shape index (κ2) is 6.10. The van der Waals surface area contributed by atoms with E-state index in [0.717, 1.165) is 32.6 Å². The maximum absolute atomic E-state index is 5.57. The number of pyridine rings is 1. The van der Waals surface area contributed by atoms with Crippen LogP contribution in [0.3, 0.4) is 0 Å². The molecule has 3 heteroatoms. The Bertz CT molecular complexity index is 756. The number of hydrogen-bond acceptors (Lipinski definition) is 2.